The smallest absolute Gasteiger partial charge is 0.480 e. The lowest BCUT2D eigenvalue weighted by Crippen LogP contribution is -2.47. The lowest BCUT2D eigenvalue weighted by atomic mass is 10.1. The zero-order valence-electron chi connectivity index (χ0n) is 8.87. The van der Waals surface area contributed by atoms with Gasteiger partial charge in [-0.2, -0.15) is 11.8 Å². The number of thioether (sulfide) groups is 1. The first-order chi connectivity index (χ1) is 7.06. The summed E-state index contributed by atoms with van der Waals surface area (Å²) in [6, 6.07) is -1.14. The molecule has 0 radical (unpaired) electrons. The Bertz CT molecular complexity index is 245. The lowest BCUT2D eigenvalue weighted by Gasteiger charge is -2.27. The van der Waals surface area contributed by atoms with Crippen molar-refractivity contribution in [1.29, 1.82) is 0 Å². The number of carboxylic acids is 1. The first-order valence-electron chi connectivity index (χ1n) is 4.39. The highest BCUT2D eigenvalue weighted by Gasteiger charge is 2.33. The predicted octanol–water partition coefficient (Wildman–Crippen LogP) is 1.45. The van der Waals surface area contributed by atoms with Gasteiger partial charge < -0.3 is 10.8 Å². The Hall–Kier alpha value is -0.470. The van der Waals surface area contributed by atoms with Crippen molar-refractivity contribution in [2.45, 2.75) is 31.0 Å². The molecule has 4 nitrogen and oxygen atoms in total. The van der Waals surface area contributed by atoms with Gasteiger partial charge in [0.2, 0.25) is 0 Å². The molecule has 0 spiro atoms. The monoisotopic (exact) mass is 261 g/mol. The van der Waals surface area contributed by atoms with Gasteiger partial charge in [0.05, 0.1) is 6.61 Å². The highest BCUT2D eigenvalue weighted by Crippen LogP contribution is 2.28. The summed E-state index contributed by atoms with van der Waals surface area (Å²) < 4.78 is 37.5. The molecule has 0 aliphatic rings. The fourth-order valence-corrected chi connectivity index (χ4v) is 1.82. The van der Waals surface area contributed by atoms with Crippen LogP contribution in [-0.2, 0) is 9.53 Å². The zero-order valence-corrected chi connectivity index (χ0v) is 9.69. The van der Waals surface area contributed by atoms with Gasteiger partial charge in [-0.05, 0) is 13.8 Å². The molecule has 0 aromatic heterocycles. The van der Waals surface area contributed by atoms with E-state index in [9.17, 15) is 18.0 Å². The Morgan fingerprint density at radius 1 is 1.50 bits per heavy atom. The van der Waals surface area contributed by atoms with E-state index in [-0.39, 0.29) is 5.75 Å². The summed E-state index contributed by atoms with van der Waals surface area (Å²) in [5.41, 5.74) is 5.38. The summed E-state index contributed by atoms with van der Waals surface area (Å²) in [5.74, 6) is -1.16. The van der Waals surface area contributed by atoms with Crippen LogP contribution in [0.3, 0.4) is 0 Å². The number of hydrogen-bond donors (Lipinski definition) is 2. The van der Waals surface area contributed by atoms with Crippen LogP contribution in [0.15, 0.2) is 0 Å². The maximum atomic E-state index is 11.6. The van der Waals surface area contributed by atoms with Gasteiger partial charge >= 0.3 is 12.3 Å². The standard InChI is InChI=1S/C8H14F3NO3S/c1-7(2,5(12)6(13)14)16-4-3-15-8(9,10)11/h5H,3-4,12H2,1-2H3,(H,13,14)/t5-/m1/s1. The van der Waals surface area contributed by atoms with Gasteiger partial charge in [0.15, 0.2) is 0 Å². The van der Waals surface area contributed by atoms with Crippen LogP contribution in [0.4, 0.5) is 13.2 Å². The molecule has 0 unspecified atom stereocenters. The number of rotatable bonds is 6. The van der Waals surface area contributed by atoms with Crippen molar-refractivity contribution in [3.63, 3.8) is 0 Å². The van der Waals surface area contributed by atoms with E-state index in [4.69, 9.17) is 10.8 Å². The van der Waals surface area contributed by atoms with Crippen LogP contribution in [0.5, 0.6) is 0 Å². The van der Waals surface area contributed by atoms with E-state index < -0.39 is 29.7 Å². The van der Waals surface area contributed by atoms with E-state index in [2.05, 4.69) is 4.74 Å². The van der Waals surface area contributed by atoms with Gasteiger partial charge in [-0.25, -0.2) is 0 Å². The van der Waals surface area contributed by atoms with Crippen molar-refractivity contribution >= 4 is 17.7 Å². The van der Waals surface area contributed by atoms with Gasteiger partial charge in [0.25, 0.3) is 0 Å². The van der Waals surface area contributed by atoms with Gasteiger partial charge in [-0.3, -0.25) is 9.53 Å². The van der Waals surface area contributed by atoms with E-state index in [1.54, 1.807) is 13.8 Å². The van der Waals surface area contributed by atoms with Gasteiger partial charge in [-0.1, -0.05) is 0 Å². The lowest BCUT2D eigenvalue weighted by molar-refractivity contribution is -0.322. The van der Waals surface area contributed by atoms with Crippen LogP contribution < -0.4 is 5.73 Å². The molecule has 96 valence electrons. The molecule has 0 bridgehead atoms. The minimum Gasteiger partial charge on any atom is -0.480 e. The van der Waals surface area contributed by atoms with Crippen molar-refractivity contribution in [1.82, 2.24) is 0 Å². The molecule has 16 heavy (non-hydrogen) atoms. The van der Waals surface area contributed by atoms with E-state index in [1.807, 2.05) is 0 Å². The summed E-state index contributed by atoms with van der Waals surface area (Å²) in [5, 5.41) is 8.65. The normalized spacial score (nSPS) is 14.9. The average Bonchev–Trinajstić information content (AvgIpc) is 2.09. The third kappa shape index (κ3) is 6.19. The number of ether oxygens (including phenoxy) is 1. The Kier molecular flexibility index (Phi) is 5.57. The van der Waals surface area contributed by atoms with Crippen molar-refractivity contribution in [3.8, 4) is 0 Å². The topological polar surface area (TPSA) is 72.5 Å². The Morgan fingerprint density at radius 3 is 2.38 bits per heavy atom. The first-order valence-corrected chi connectivity index (χ1v) is 5.38. The Morgan fingerprint density at radius 2 is 2.00 bits per heavy atom. The summed E-state index contributed by atoms with van der Waals surface area (Å²) in [6.45, 7) is 2.60. The van der Waals surface area contributed by atoms with Gasteiger partial charge in [-0.15, -0.1) is 13.2 Å². The molecule has 0 fully saturated rings. The summed E-state index contributed by atoms with van der Waals surface area (Å²) in [6.07, 6.45) is -4.65. The zero-order chi connectivity index (χ0) is 13.0. The average molecular weight is 261 g/mol. The van der Waals surface area contributed by atoms with Crippen LogP contribution in [-0.4, -0.2) is 40.6 Å². The molecular formula is C8H14F3NO3S. The number of carbonyl (C=O) groups is 1. The van der Waals surface area contributed by atoms with E-state index in [0.29, 0.717) is 0 Å². The van der Waals surface area contributed by atoms with Crippen LogP contribution in [0.25, 0.3) is 0 Å². The van der Waals surface area contributed by atoms with Gasteiger partial charge in [0.1, 0.15) is 6.04 Å². The predicted molar refractivity (Wildman–Crippen MR) is 54.2 cm³/mol. The molecule has 0 rings (SSSR count). The largest absolute Gasteiger partial charge is 0.522 e. The van der Waals surface area contributed by atoms with E-state index in [0.717, 1.165) is 11.8 Å². The molecule has 0 heterocycles. The van der Waals surface area contributed by atoms with Crippen molar-refractivity contribution in [2.24, 2.45) is 5.73 Å². The van der Waals surface area contributed by atoms with Crippen LogP contribution in [0.2, 0.25) is 0 Å². The number of aliphatic carboxylic acids is 1. The summed E-state index contributed by atoms with van der Waals surface area (Å²) >= 11 is 1.02. The van der Waals surface area contributed by atoms with Gasteiger partial charge in [0, 0.05) is 10.5 Å². The number of nitrogens with two attached hydrogens (primary N) is 1. The second-order valence-corrected chi connectivity index (χ2v) is 5.31. The molecule has 0 aliphatic heterocycles. The summed E-state index contributed by atoms with van der Waals surface area (Å²) in [4.78, 5) is 10.6. The molecule has 8 heteroatoms. The molecule has 0 aliphatic carbocycles. The highest BCUT2D eigenvalue weighted by atomic mass is 32.2. The minimum atomic E-state index is -4.65. The Labute approximate surface area is 95.3 Å². The minimum absolute atomic E-state index is 0.0213. The molecule has 0 aromatic rings. The van der Waals surface area contributed by atoms with Crippen LogP contribution >= 0.6 is 11.8 Å². The quantitative estimate of drug-likeness (QED) is 0.708. The van der Waals surface area contributed by atoms with Crippen molar-refractivity contribution in [2.75, 3.05) is 12.4 Å². The fraction of sp³-hybridized carbons (Fsp3) is 0.875. The third-order valence-corrected chi connectivity index (χ3v) is 3.21. The molecule has 0 saturated heterocycles. The number of halogens is 3. The first kappa shape index (κ1) is 15.5. The molecule has 0 amide bonds. The maximum absolute atomic E-state index is 11.6. The molecule has 1 atom stereocenters. The fourth-order valence-electron chi connectivity index (χ4n) is 0.849. The van der Waals surface area contributed by atoms with E-state index in [1.165, 1.54) is 0 Å². The SMILES string of the molecule is CC(C)(SCCOC(F)(F)F)[C@H](N)C(=O)O. The van der Waals surface area contributed by atoms with E-state index >= 15 is 0 Å². The molecular weight excluding hydrogens is 247 g/mol. The highest BCUT2D eigenvalue weighted by molar-refractivity contribution is 8.00. The summed E-state index contributed by atoms with van der Waals surface area (Å²) in [7, 11) is 0. The van der Waals surface area contributed by atoms with Crippen molar-refractivity contribution < 1.29 is 27.8 Å². The second-order valence-electron chi connectivity index (χ2n) is 3.56. The second kappa shape index (κ2) is 5.74. The maximum Gasteiger partial charge on any atom is 0.522 e. The van der Waals surface area contributed by atoms with Crippen LogP contribution in [0.1, 0.15) is 13.8 Å². The van der Waals surface area contributed by atoms with Crippen LogP contribution in [0, 0.1) is 0 Å². The Balaban J connectivity index is 3.96. The third-order valence-electron chi connectivity index (χ3n) is 1.84. The number of alkyl halides is 3. The molecule has 0 saturated carbocycles. The van der Waals surface area contributed by atoms with Crippen molar-refractivity contribution in [3.05, 3.63) is 0 Å². The molecule has 3 N–H and O–H groups in total. The molecule has 0 aromatic carbocycles. The number of carboxylic acid groups (broad SMARTS) is 1. The number of hydrogen-bond acceptors (Lipinski definition) is 4.